The summed E-state index contributed by atoms with van der Waals surface area (Å²) in [5.41, 5.74) is 4.03. The van der Waals surface area contributed by atoms with Crippen LogP contribution in [0.15, 0.2) is 64.5 Å². The molecule has 2 aromatic carbocycles. The van der Waals surface area contributed by atoms with Crippen LogP contribution in [-0.4, -0.2) is 55.0 Å². The van der Waals surface area contributed by atoms with E-state index in [1.807, 2.05) is 29.2 Å². The Morgan fingerprint density at radius 2 is 1.88 bits per heavy atom. The van der Waals surface area contributed by atoms with Crippen LogP contribution >= 0.6 is 27.3 Å². The van der Waals surface area contributed by atoms with Crippen LogP contribution in [0.4, 0.5) is 0 Å². The van der Waals surface area contributed by atoms with Crippen molar-refractivity contribution in [2.24, 2.45) is 0 Å². The minimum absolute atomic E-state index is 0.0140. The van der Waals surface area contributed by atoms with Gasteiger partial charge in [0.05, 0.1) is 12.6 Å². The fourth-order valence-electron chi connectivity index (χ4n) is 4.30. The molecule has 1 unspecified atom stereocenters. The highest BCUT2D eigenvalue weighted by atomic mass is 79.9. The number of fused-ring (bicyclic) bond motifs is 1. The number of rotatable bonds is 7. The number of carbonyl (C=O) groups is 2. The van der Waals surface area contributed by atoms with E-state index >= 15 is 0 Å². The first-order valence-corrected chi connectivity index (χ1v) is 12.6. The van der Waals surface area contributed by atoms with Crippen LogP contribution in [0.3, 0.4) is 0 Å². The van der Waals surface area contributed by atoms with E-state index in [1.54, 1.807) is 35.5 Å². The maximum atomic E-state index is 13.7. The van der Waals surface area contributed by atoms with Crippen LogP contribution in [0.25, 0.3) is 0 Å². The highest BCUT2D eigenvalue weighted by Gasteiger charge is 2.34. The molecule has 1 aliphatic rings. The van der Waals surface area contributed by atoms with Gasteiger partial charge in [0.2, 0.25) is 5.91 Å². The Morgan fingerprint density at radius 1 is 1.12 bits per heavy atom. The molecule has 7 heteroatoms. The lowest BCUT2D eigenvalue weighted by molar-refractivity contribution is -0.134. The van der Waals surface area contributed by atoms with Crippen molar-refractivity contribution in [3.8, 4) is 0 Å². The molecular weight excluding hydrogens is 500 g/mol. The monoisotopic (exact) mass is 526 g/mol. The largest absolute Gasteiger partial charge is 0.383 e. The average molecular weight is 527 g/mol. The van der Waals surface area contributed by atoms with Crippen LogP contribution < -0.4 is 0 Å². The Morgan fingerprint density at radius 3 is 2.61 bits per heavy atom. The molecule has 0 bridgehead atoms. The van der Waals surface area contributed by atoms with Crippen LogP contribution in [-0.2, 0) is 16.0 Å². The number of hydrogen-bond donors (Lipinski definition) is 0. The van der Waals surface area contributed by atoms with E-state index in [-0.39, 0.29) is 24.4 Å². The molecule has 2 amide bonds. The van der Waals surface area contributed by atoms with Gasteiger partial charge in [0.25, 0.3) is 5.91 Å². The van der Waals surface area contributed by atoms with Gasteiger partial charge in [-0.3, -0.25) is 9.59 Å². The standard InChI is InChI=1S/C26H27BrN2O3S/c1-18-5-3-4-6-21(18)25-22-12-16-33-23(22)11-13-29(25)24(30)17-28(14-15-32-2)26(31)19-7-9-20(27)10-8-19/h3-10,12,16,25H,11,13-15,17H2,1-2H3. The third kappa shape index (κ3) is 5.21. The van der Waals surface area contributed by atoms with Gasteiger partial charge in [-0.25, -0.2) is 0 Å². The highest BCUT2D eigenvalue weighted by molar-refractivity contribution is 9.10. The van der Waals surface area contributed by atoms with Crippen molar-refractivity contribution in [3.63, 3.8) is 0 Å². The smallest absolute Gasteiger partial charge is 0.254 e. The normalized spacial score (nSPS) is 15.2. The molecule has 1 aromatic heterocycles. The number of thiophene rings is 1. The molecule has 1 aliphatic heterocycles. The average Bonchev–Trinajstić information content (AvgIpc) is 3.30. The maximum Gasteiger partial charge on any atom is 0.254 e. The topological polar surface area (TPSA) is 49.9 Å². The Labute approximate surface area is 207 Å². The third-order valence-electron chi connectivity index (χ3n) is 6.04. The molecule has 0 saturated carbocycles. The molecule has 0 radical (unpaired) electrons. The molecule has 4 rings (SSSR count). The zero-order valence-corrected chi connectivity index (χ0v) is 21.2. The van der Waals surface area contributed by atoms with Crippen molar-refractivity contribution in [1.29, 1.82) is 0 Å². The number of carbonyl (C=O) groups excluding carboxylic acids is 2. The van der Waals surface area contributed by atoms with Gasteiger partial charge >= 0.3 is 0 Å². The Bertz CT molecular complexity index is 1130. The Kier molecular flexibility index (Phi) is 7.63. The Hall–Kier alpha value is -2.48. The summed E-state index contributed by atoms with van der Waals surface area (Å²) in [6.45, 7) is 3.45. The van der Waals surface area contributed by atoms with E-state index < -0.39 is 0 Å². The summed E-state index contributed by atoms with van der Waals surface area (Å²) >= 11 is 5.15. The zero-order valence-electron chi connectivity index (χ0n) is 18.8. The Balaban J connectivity index is 1.62. The second kappa shape index (κ2) is 10.6. The fraction of sp³-hybridized carbons (Fsp3) is 0.308. The molecule has 0 saturated heterocycles. The summed E-state index contributed by atoms with van der Waals surface area (Å²) in [4.78, 5) is 31.8. The number of hydrogen-bond acceptors (Lipinski definition) is 4. The van der Waals surface area contributed by atoms with Crippen LogP contribution in [0.2, 0.25) is 0 Å². The molecule has 0 aliphatic carbocycles. The van der Waals surface area contributed by atoms with E-state index in [0.29, 0.717) is 25.3 Å². The molecule has 0 fully saturated rings. The molecule has 172 valence electrons. The minimum Gasteiger partial charge on any atom is -0.383 e. The number of methoxy groups -OCH3 is 1. The van der Waals surface area contributed by atoms with E-state index in [2.05, 4.69) is 46.4 Å². The first-order chi connectivity index (χ1) is 16.0. The summed E-state index contributed by atoms with van der Waals surface area (Å²) in [6, 6.07) is 17.4. The van der Waals surface area contributed by atoms with Gasteiger partial charge in [-0.2, -0.15) is 0 Å². The molecule has 2 heterocycles. The minimum atomic E-state index is -0.173. The number of aryl methyl sites for hydroxylation is 1. The number of ether oxygens (including phenoxy) is 1. The molecule has 1 atom stereocenters. The van der Waals surface area contributed by atoms with Gasteiger partial charge in [-0.1, -0.05) is 40.2 Å². The second-order valence-corrected chi connectivity index (χ2v) is 10.0. The first-order valence-electron chi connectivity index (χ1n) is 10.9. The predicted molar refractivity (Wildman–Crippen MR) is 135 cm³/mol. The van der Waals surface area contributed by atoms with E-state index in [1.165, 1.54) is 10.4 Å². The molecule has 33 heavy (non-hydrogen) atoms. The zero-order chi connectivity index (χ0) is 23.4. The van der Waals surface area contributed by atoms with Gasteiger partial charge in [0.1, 0.15) is 6.54 Å². The number of halogens is 1. The van der Waals surface area contributed by atoms with Gasteiger partial charge in [0.15, 0.2) is 0 Å². The van der Waals surface area contributed by atoms with Crippen LogP contribution in [0.1, 0.15) is 38.0 Å². The molecule has 0 spiro atoms. The van der Waals surface area contributed by atoms with Gasteiger partial charge in [-0.05, 0) is 65.7 Å². The highest BCUT2D eigenvalue weighted by Crippen LogP contribution is 2.39. The summed E-state index contributed by atoms with van der Waals surface area (Å²) < 4.78 is 6.12. The number of nitrogens with zero attached hydrogens (tertiary/aromatic N) is 2. The van der Waals surface area contributed by atoms with Crippen molar-refractivity contribution in [2.45, 2.75) is 19.4 Å². The second-order valence-electron chi connectivity index (χ2n) is 8.12. The van der Waals surface area contributed by atoms with Crippen LogP contribution in [0, 0.1) is 6.92 Å². The fourth-order valence-corrected chi connectivity index (χ4v) is 5.47. The lowest BCUT2D eigenvalue weighted by Crippen LogP contribution is -2.47. The first kappa shape index (κ1) is 23.7. The SMILES string of the molecule is COCCN(CC(=O)N1CCc2sccc2C1c1ccccc1C)C(=O)c1ccc(Br)cc1. The van der Waals surface area contributed by atoms with Crippen molar-refractivity contribution in [2.75, 3.05) is 33.4 Å². The third-order valence-corrected chi connectivity index (χ3v) is 7.56. The quantitative estimate of drug-likeness (QED) is 0.431. The van der Waals surface area contributed by atoms with Crippen molar-refractivity contribution in [1.82, 2.24) is 9.80 Å². The summed E-state index contributed by atoms with van der Waals surface area (Å²) in [6.07, 6.45) is 0.833. The summed E-state index contributed by atoms with van der Waals surface area (Å²) in [7, 11) is 1.60. The van der Waals surface area contributed by atoms with E-state index in [4.69, 9.17) is 4.74 Å². The molecule has 0 N–H and O–H groups in total. The van der Waals surface area contributed by atoms with Gasteiger partial charge < -0.3 is 14.5 Å². The maximum absolute atomic E-state index is 13.7. The van der Waals surface area contributed by atoms with Crippen molar-refractivity contribution < 1.29 is 14.3 Å². The van der Waals surface area contributed by atoms with E-state index in [0.717, 1.165) is 22.0 Å². The van der Waals surface area contributed by atoms with Crippen LogP contribution in [0.5, 0.6) is 0 Å². The van der Waals surface area contributed by atoms with Crippen molar-refractivity contribution >= 4 is 39.1 Å². The van der Waals surface area contributed by atoms with Gasteiger partial charge in [-0.15, -0.1) is 11.3 Å². The van der Waals surface area contributed by atoms with Crippen molar-refractivity contribution in [3.05, 3.63) is 91.6 Å². The lowest BCUT2D eigenvalue weighted by Gasteiger charge is -2.38. The molecule has 5 nitrogen and oxygen atoms in total. The van der Waals surface area contributed by atoms with Gasteiger partial charge in [0, 0.05) is 35.1 Å². The number of benzene rings is 2. The predicted octanol–water partition coefficient (Wildman–Crippen LogP) is 5.08. The lowest BCUT2D eigenvalue weighted by atomic mass is 9.90. The molecular formula is C26H27BrN2O3S. The summed E-state index contributed by atoms with van der Waals surface area (Å²) in [5, 5.41) is 2.10. The molecule has 3 aromatic rings. The van der Waals surface area contributed by atoms with E-state index in [9.17, 15) is 9.59 Å². The summed E-state index contributed by atoms with van der Waals surface area (Å²) in [5.74, 6) is -0.227. The number of amides is 2.